The molecule has 3 fully saturated rings. The van der Waals surface area contributed by atoms with E-state index >= 15 is 0 Å². The van der Waals surface area contributed by atoms with Crippen molar-refractivity contribution in [3.8, 4) is 0 Å². The van der Waals surface area contributed by atoms with Gasteiger partial charge in [0.25, 0.3) is 0 Å². The normalized spacial score (nSPS) is 33.5. The quantitative estimate of drug-likeness (QED) is 0.929. The highest BCUT2D eigenvalue weighted by Gasteiger charge is 2.45. The molecule has 0 bridgehead atoms. The minimum atomic E-state index is 0.0628. The topological polar surface area (TPSA) is 50.3 Å². The van der Waals surface area contributed by atoms with Gasteiger partial charge < -0.3 is 10.1 Å². The van der Waals surface area contributed by atoms with Crippen LogP contribution in [0.15, 0.2) is 18.5 Å². The molecule has 120 valence electrons. The van der Waals surface area contributed by atoms with Gasteiger partial charge in [0.1, 0.15) is 0 Å². The molecule has 22 heavy (non-hydrogen) atoms. The number of hydrogen-bond acceptors (Lipinski definition) is 5. The molecule has 5 nitrogen and oxygen atoms in total. The van der Waals surface area contributed by atoms with Crippen LogP contribution in [-0.2, 0) is 4.74 Å². The van der Waals surface area contributed by atoms with Crippen molar-refractivity contribution in [2.45, 2.75) is 62.6 Å². The molecule has 1 spiro atoms. The first-order chi connectivity index (χ1) is 10.8. The Hall–Kier alpha value is -1.20. The number of nitrogens with zero attached hydrogens (tertiary/aromatic N) is 3. The number of nitrogens with one attached hydrogen (secondary N) is 1. The van der Waals surface area contributed by atoms with Crippen molar-refractivity contribution in [2.75, 3.05) is 25.0 Å². The summed E-state index contributed by atoms with van der Waals surface area (Å²) in [5.74, 6) is 0.746. The second-order valence-electron chi connectivity index (χ2n) is 7.10. The summed E-state index contributed by atoms with van der Waals surface area (Å²) in [4.78, 5) is 11.3. The van der Waals surface area contributed by atoms with Crippen LogP contribution in [-0.4, -0.2) is 52.2 Å². The minimum absolute atomic E-state index is 0.0628. The fraction of sp³-hybridized carbons (Fsp3) is 0.765. The molecule has 2 atom stereocenters. The molecular weight excluding hydrogens is 276 g/mol. The van der Waals surface area contributed by atoms with Gasteiger partial charge in [0.2, 0.25) is 5.95 Å². The summed E-state index contributed by atoms with van der Waals surface area (Å²) in [6, 6.07) is 3.10. The first-order valence-corrected chi connectivity index (χ1v) is 8.75. The van der Waals surface area contributed by atoms with Crippen LogP contribution in [0.1, 0.15) is 44.9 Å². The molecule has 1 saturated carbocycles. The lowest BCUT2D eigenvalue weighted by atomic mass is 9.89. The number of ether oxygens (including phenoxy) is 1. The average Bonchev–Trinajstić information content (AvgIpc) is 3.19. The Morgan fingerprint density at radius 3 is 2.82 bits per heavy atom. The Morgan fingerprint density at radius 2 is 2.00 bits per heavy atom. The number of anilines is 1. The van der Waals surface area contributed by atoms with Crippen LogP contribution in [0.25, 0.3) is 0 Å². The molecule has 0 unspecified atom stereocenters. The molecule has 1 aromatic heterocycles. The lowest BCUT2D eigenvalue weighted by Crippen LogP contribution is -2.47. The second kappa shape index (κ2) is 6.13. The smallest absolute Gasteiger partial charge is 0.222 e. The molecule has 2 aliphatic heterocycles. The number of rotatable bonds is 3. The average molecular weight is 302 g/mol. The predicted octanol–water partition coefficient (Wildman–Crippen LogP) is 2.45. The highest BCUT2D eigenvalue weighted by Crippen LogP contribution is 2.38. The Kier molecular flexibility index (Phi) is 4.01. The zero-order valence-electron chi connectivity index (χ0n) is 13.2. The van der Waals surface area contributed by atoms with Gasteiger partial charge in [-0.3, -0.25) is 4.90 Å². The fourth-order valence-corrected chi connectivity index (χ4v) is 4.45. The van der Waals surface area contributed by atoms with Crippen molar-refractivity contribution >= 4 is 5.95 Å². The van der Waals surface area contributed by atoms with Crippen molar-refractivity contribution in [3.63, 3.8) is 0 Å². The van der Waals surface area contributed by atoms with E-state index in [0.29, 0.717) is 6.04 Å². The molecule has 0 amide bonds. The van der Waals surface area contributed by atoms with E-state index in [1.165, 1.54) is 38.6 Å². The summed E-state index contributed by atoms with van der Waals surface area (Å²) in [7, 11) is 0. The SMILES string of the molecule is c1cnc(N[C@@H]2CCO[C@@]3(CCN(C4CCCC4)C3)C2)nc1. The van der Waals surface area contributed by atoms with E-state index in [9.17, 15) is 0 Å². The maximum Gasteiger partial charge on any atom is 0.222 e. The summed E-state index contributed by atoms with van der Waals surface area (Å²) in [6.45, 7) is 3.17. The van der Waals surface area contributed by atoms with Crippen LogP contribution in [0.3, 0.4) is 0 Å². The zero-order chi connectivity index (χ0) is 14.8. The van der Waals surface area contributed by atoms with Gasteiger partial charge in [0.15, 0.2) is 0 Å². The molecule has 3 aliphatic rings. The van der Waals surface area contributed by atoms with E-state index in [-0.39, 0.29) is 5.60 Å². The molecule has 1 N–H and O–H groups in total. The van der Waals surface area contributed by atoms with Crippen molar-refractivity contribution < 1.29 is 4.74 Å². The van der Waals surface area contributed by atoms with Crippen molar-refractivity contribution in [3.05, 3.63) is 18.5 Å². The van der Waals surface area contributed by atoms with Gasteiger partial charge >= 0.3 is 0 Å². The third-order valence-electron chi connectivity index (χ3n) is 5.58. The van der Waals surface area contributed by atoms with Crippen molar-refractivity contribution in [1.82, 2.24) is 14.9 Å². The van der Waals surface area contributed by atoms with Gasteiger partial charge in [-0.15, -0.1) is 0 Å². The second-order valence-corrected chi connectivity index (χ2v) is 7.10. The monoisotopic (exact) mass is 302 g/mol. The molecule has 3 heterocycles. The maximum atomic E-state index is 6.26. The lowest BCUT2D eigenvalue weighted by Gasteiger charge is -2.39. The van der Waals surface area contributed by atoms with Gasteiger partial charge in [-0.2, -0.15) is 0 Å². The van der Waals surface area contributed by atoms with Gasteiger partial charge in [-0.1, -0.05) is 12.8 Å². The zero-order valence-corrected chi connectivity index (χ0v) is 13.2. The highest BCUT2D eigenvalue weighted by atomic mass is 16.5. The van der Waals surface area contributed by atoms with Gasteiger partial charge in [-0.05, 0) is 38.2 Å². The molecule has 1 aromatic rings. The maximum absolute atomic E-state index is 6.26. The van der Waals surface area contributed by atoms with Gasteiger partial charge in [-0.25, -0.2) is 9.97 Å². The van der Waals surface area contributed by atoms with Crippen LogP contribution in [0.4, 0.5) is 5.95 Å². The summed E-state index contributed by atoms with van der Waals surface area (Å²) in [5.41, 5.74) is 0.0628. The predicted molar refractivity (Wildman–Crippen MR) is 85.8 cm³/mol. The lowest BCUT2D eigenvalue weighted by molar-refractivity contribution is -0.0751. The summed E-state index contributed by atoms with van der Waals surface area (Å²) >= 11 is 0. The summed E-state index contributed by atoms with van der Waals surface area (Å²) in [6.07, 6.45) is 12.5. The van der Waals surface area contributed by atoms with E-state index < -0.39 is 0 Å². The standard InChI is InChI=1S/C17H26N4O/c1-2-5-15(4-1)21-10-7-17(13-21)12-14(6-11-22-17)20-16-18-8-3-9-19-16/h3,8-9,14-15H,1-2,4-7,10-13H2,(H,18,19,20)/t14-,17+/m1/s1. The Balaban J connectivity index is 1.38. The number of aromatic nitrogens is 2. The Morgan fingerprint density at radius 1 is 1.18 bits per heavy atom. The van der Waals surface area contributed by atoms with Crippen LogP contribution in [0.5, 0.6) is 0 Å². The van der Waals surface area contributed by atoms with Crippen LogP contribution in [0, 0.1) is 0 Å². The van der Waals surface area contributed by atoms with Crippen LogP contribution < -0.4 is 5.32 Å². The molecule has 0 aromatic carbocycles. The first kappa shape index (κ1) is 14.4. The largest absolute Gasteiger partial charge is 0.373 e. The Bertz CT molecular complexity index is 491. The molecule has 5 heteroatoms. The molecule has 4 rings (SSSR count). The Labute approximate surface area is 132 Å². The van der Waals surface area contributed by atoms with Crippen LogP contribution in [0.2, 0.25) is 0 Å². The number of hydrogen-bond donors (Lipinski definition) is 1. The van der Waals surface area contributed by atoms with E-state index in [2.05, 4.69) is 20.2 Å². The molecule has 2 saturated heterocycles. The third-order valence-corrected chi connectivity index (χ3v) is 5.58. The van der Waals surface area contributed by atoms with E-state index in [1.807, 2.05) is 6.07 Å². The van der Waals surface area contributed by atoms with E-state index in [1.54, 1.807) is 12.4 Å². The summed E-state index contributed by atoms with van der Waals surface area (Å²) in [5, 5.41) is 3.50. The van der Waals surface area contributed by atoms with E-state index in [0.717, 1.165) is 38.0 Å². The summed E-state index contributed by atoms with van der Waals surface area (Å²) < 4.78 is 6.26. The van der Waals surface area contributed by atoms with E-state index in [4.69, 9.17) is 4.74 Å². The van der Waals surface area contributed by atoms with Crippen LogP contribution >= 0.6 is 0 Å². The molecule has 1 aliphatic carbocycles. The highest BCUT2D eigenvalue weighted by molar-refractivity contribution is 5.25. The van der Waals surface area contributed by atoms with Gasteiger partial charge in [0.05, 0.1) is 5.60 Å². The first-order valence-electron chi connectivity index (χ1n) is 8.75. The number of likely N-dealkylation sites (tertiary alicyclic amines) is 1. The fourth-order valence-electron chi connectivity index (χ4n) is 4.45. The molecule has 0 radical (unpaired) electrons. The van der Waals surface area contributed by atoms with Crippen molar-refractivity contribution in [2.24, 2.45) is 0 Å². The van der Waals surface area contributed by atoms with Gasteiger partial charge in [0, 0.05) is 44.2 Å². The van der Waals surface area contributed by atoms with Crippen molar-refractivity contribution in [1.29, 1.82) is 0 Å². The molecular formula is C17H26N4O. The minimum Gasteiger partial charge on any atom is -0.373 e. The third kappa shape index (κ3) is 2.97.